The van der Waals surface area contributed by atoms with Crippen LogP contribution in [0.4, 0.5) is 0 Å². The number of carbonyl (C=O) groups is 2. The van der Waals surface area contributed by atoms with Gasteiger partial charge in [0.05, 0.1) is 11.8 Å². The van der Waals surface area contributed by atoms with E-state index in [-0.39, 0.29) is 17.9 Å². The molecular weight excluding hydrogens is 306 g/mol. The number of aromatic nitrogens is 3. The van der Waals surface area contributed by atoms with Crippen LogP contribution in [-0.4, -0.2) is 51.1 Å². The van der Waals surface area contributed by atoms with Crippen molar-refractivity contribution in [3.05, 3.63) is 24.0 Å². The number of hydrogen-bond donors (Lipinski definition) is 1. The van der Waals surface area contributed by atoms with E-state index in [0.29, 0.717) is 18.5 Å². The van der Waals surface area contributed by atoms with E-state index >= 15 is 0 Å². The van der Waals surface area contributed by atoms with Crippen molar-refractivity contribution in [3.8, 4) is 0 Å². The average Bonchev–Trinajstić information content (AvgIpc) is 3.03. The molecule has 0 unspecified atom stereocenters. The van der Waals surface area contributed by atoms with Crippen molar-refractivity contribution in [2.24, 2.45) is 0 Å². The van der Waals surface area contributed by atoms with Crippen LogP contribution in [0.25, 0.3) is 11.0 Å². The third-order valence-electron chi connectivity index (χ3n) is 4.48. The van der Waals surface area contributed by atoms with E-state index in [9.17, 15) is 9.59 Å². The number of carbonyl (C=O) groups excluding carboxylic acids is 2. The standard InChI is InChI=1S/C17H23N5O2/c1-11(2)22-15-12(10-20-22)8-13(9-19-15)17(24)21-7-5-4-6-14(21)16(23)18-3/h8-11,14H,4-7H2,1-3H3,(H,18,23)/t14-/m0/s1. The van der Waals surface area contributed by atoms with Crippen LogP contribution in [0.5, 0.6) is 0 Å². The summed E-state index contributed by atoms with van der Waals surface area (Å²) in [5, 5.41) is 7.82. The van der Waals surface area contributed by atoms with E-state index in [1.54, 1.807) is 24.3 Å². The molecule has 0 aliphatic carbocycles. The molecule has 1 N–H and O–H groups in total. The molecular formula is C17H23N5O2. The van der Waals surface area contributed by atoms with Crippen LogP contribution in [0.3, 0.4) is 0 Å². The van der Waals surface area contributed by atoms with Crippen LogP contribution in [-0.2, 0) is 4.79 Å². The van der Waals surface area contributed by atoms with Gasteiger partial charge in [0, 0.05) is 31.2 Å². The number of likely N-dealkylation sites (N-methyl/N-ethyl adjacent to an activating group) is 1. The Hall–Kier alpha value is -2.44. The summed E-state index contributed by atoms with van der Waals surface area (Å²) in [6.45, 7) is 4.67. The van der Waals surface area contributed by atoms with Crippen LogP contribution in [0.15, 0.2) is 18.5 Å². The fourth-order valence-electron chi connectivity index (χ4n) is 3.21. The number of hydrogen-bond acceptors (Lipinski definition) is 4. The zero-order chi connectivity index (χ0) is 17.3. The number of fused-ring (bicyclic) bond motifs is 1. The quantitative estimate of drug-likeness (QED) is 0.930. The Kier molecular flexibility index (Phi) is 4.51. The van der Waals surface area contributed by atoms with Crippen molar-refractivity contribution < 1.29 is 9.59 Å². The fraction of sp³-hybridized carbons (Fsp3) is 0.529. The van der Waals surface area contributed by atoms with Gasteiger partial charge in [-0.15, -0.1) is 0 Å². The van der Waals surface area contributed by atoms with E-state index < -0.39 is 6.04 Å². The molecule has 1 atom stereocenters. The largest absolute Gasteiger partial charge is 0.357 e. The van der Waals surface area contributed by atoms with Crippen LogP contribution < -0.4 is 5.32 Å². The van der Waals surface area contributed by atoms with Gasteiger partial charge < -0.3 is 10.2 Å². The van der Waals surface area contributed by atoms with E-state index in [0.717, 1.165) is 23.9 Å². The summed E-state index contributed by atoms with van der Waals surface area (Å²) < 4.78 is 1.83. The highest BCUT2D eigenvalue weighted by atomic mass is 16.2. The summed E-state index contributed by atoms with van der Waals surface area (Å²) in [6.07, 6.45) is 5.89. The SMILES string of the molecule is CNC(=O)[C@@H]1CCCCN1C(=O)c1cnc2c(cnn2C(C)C)c1. The molecule has 128 valence electrons. The highest BCUT2D eigenvalue weighted by Crippen LogP contribution is 2.22. The lowest BCUT2D eigenvalue weighted by Gasteiger charge is -2.34. The maximum Gasteiger partial charge on any atom is 0.256 e. The number of rotatable bonds is 3. The van der Waals surface area contributed by atoms with Gasteiger partial charge in [0.2, 0.25) is 5.91 Å². The van der Waals surface area contributed by atoms with Crippen LogP contribution in [0.1, 0.15) is 49.5 Å². The lowest BCUT2D eigenvalue weighted by atomic mass is 10.00. The summed E-state index contributed by atoms with van der Waals surface area (Å²) in [5.74, 6) is -0.250. The second-order valence-corrected chi connectivity index (χ2v) is 6.44. The molecule has 2 aromatic rings. The molecule has 2 amide bonds. The second kappa shape index (κ2) is 6.59. The molecule has 3 heterocycles. The molecule has 7 heteroatoms. The minimum atomic E-state index is -0.398. The Morgan fingerprint density at radius 1 is 1.29 bits per heavy atom. The highest BCUT2D eigenvalue weighted by Gasteiger charge is 2.32. The zero-order valence-corrected chi connectivity index (χ0v) is 14.3. The monoisotopic (exact) mass is 329 g/mol. The second-order valence-electron chi connectivity index (χ2n) is 6.44. The lowest BCUT2D eigenvalue weighted by molar-refractivity contribution is -0.126. The van der Waals surface area contributed by atoms with Gasteiger partial charge in [-0.25, -0.2) is 9.67 Å². The first kappa shape index (κ1) is 16.4. The van der Waals surface area contributed by atoms with Gasteiger partial charge >= 0.3 is 0 Å². The van der Waals surface area contributed by atoms with E-state index in [1.807, 2.05) is 24.6 Å². The fourth-order valence-corrected chi connectivity index (χ4v) is 3.21. The highest BCUT2D eigenvalue weighted by molar-refractivity contribution is 5.99. The molecule has 0 radical (unpaired) electrons. The topological polar surface area (TPSA) is 80.1 Å². The number of piperidine rings is 1. The molecule has 0 bridgehead atoms. The molecule has 2 aromatic heterocycles. The number of pyridine rings is 1. The van der Waals surface area contributed by atoms with Crippen molar-refractivity contribution in [3.63, 3.8) is 0 Å². The van der Waals surface area contributed by atoms with Gasteiger partial charge in [0.15, 0.2) is 5.65 Å². The third kappa shape index (κ3) is 2.86. The van der Waals surface area contributed by atoms with Gasteiger partial charge in [-0.3, -0.25) is 9.59 Å². The van der Waals surface area contributed by atoms with E-state index in [4.69, 9.17) is 0 Å². The smallest absolute Gasteiger partial charge is 0.256 e. The van der Waals surface area contributed by atoms with Crippen molar-refractivity contribution in [1.82, 2.24) is 25.0 Å². The molecule has 1 aliphatic rings. The molecule has 1 aliphatic heterocycles. The maximum atomic E-state index is 12.9. The molecule has 1 fully saturated rings. The Labute approximate surface area is 141 Å². The maximum absolute atomic E-state index is 12.9. The van der Waals surface area contributed by atoms with Gasteiger partial charge in [0.25, 0.3) is 5.91 Å². The van der Waals surface area contributed by atoms with Gasteiger partial charge in [-0.2, -0.15) is 5.10 Å². The normalized spacial score (nSPS) is 18.2. The van der Waals surface area contributed by atoms with Crippen molar-refractivity contribution in [2.45, 2.75) is 45.2 Å². The molecule has 7 nitrogen and oxygen atoms in total. The first-order valence-electron chi connectivity index (χ1n) is 8.38. The van der Waals surface area contributed by atoms with Crippen molar-refractivity contribution >= 4 is 22.8 Å². The Morgan fingerprint density at radius 2 is 2.08 bits per heavy atom. The minimum Gasteiger partial charge on any atom is -0.357 e. The number of nitrogens with zero attached hydrogens (tertiary/aromatic N) is 4. The molecule has 1 saturated heterocycles. The Balaban J connectivity index is 1.91. The predicted molar refractivity (Wildman–Crippen MR) is 90.7 cm³/mol. The number of likely N-dealkylation sites (tertiary alicyclic amines) is 1. The summed E-state index contributed by atoms with van der Waals surface area (Å²) in [7, 11) is 1.60. The van der Waals surface area contributed by atoms with Crippen molar-refractivity contribution in [1.29, 1.82) is 0 Å². The van der Waals surface area contributed by atoms with Crippen molar-refractivity contribution in [2.75, 3.05) is 13.6 Å². The summed E-state index contributed by atoms with van der Waals surface area (Å²) in [5.41, 5.74) is 1.27. The molecule has 3 rings (SSSR count). The third-order valence-corrected chi connectivity index (χ3v) is 4.48. The van der Waals surface area contributed by atoms with E-state index in [1.165, 1.54) is 0 Å². The van der Waals surface area contributed by atoms with Gasteiger partial charge in [-0.1, -0.05) is 0 Å². The van der Waals surface area contributed by atoms with Crippen LogP contribution >= 0.6 is 0 Å². The predicted octanol–water partition coefficient (Wildman–Crippen LogP) is 1.75. The lowest BCUT2D eigenvalue weighted by Crippen LogP contribution is -2.51. The van der Waals surface area contributed by atoms with Crippen LogP contribution in [0.2, 0.25) is 0 Å². The minimum absolute atomic E-state index is 0.107. The van der Waals surface area contributed by atoms with E-state index in [2.05, 4.69) is 15.4 Å². The first-order valence-corrected chi connectivity index (χ1v) is 8.38. The Morgan fingerprint density at radius 3 is 2.79 bits per heavy atom. The van der Waals surface area contributed by atoms with Gasteiger partial charge in [-0.05, 0) is 39.2 Å². The summed E-state index contributed by atoms with van der Waals surface area (Å²) >= 11 is 0. The average molecular weight is 329 g/mol. The molecule has 0 spiro atoms. The molecule has 24 heavy (non-hydrogen) atoms. The molecule has 0 saturated carbocycles. The number of amides is 2. The molecule has 0 aromatic carbocycles. The Bertz CT molecular complexity index is 767. The summed E-state index contributed by atoms with van der Waals surface area (Å²) in [6, 6.07) is 1.62. The first-order chi connectivity index (χ1) is 11.5. The zero-order valence-electron chi connectivity index (χ0n) is 14.3. The number of nitrogens with one attached hydrogen (secondary N) is 1. The summed E-state index contributed by atoms with van der Waals surface area (Å²) in [4.78, 5) is 31.0. The van der Waals surface area contributed by atoms with Gasteiger partial charge in [0.1, 0.15) is 6.04 Å². The van der Waals surface area contributed by atoms with Crippen LogP contribution in [0, 0.1) is 0 Å².